The van der Waals surface area contributed by atoms with Gasteiger partial charge in [-0.1, -0.05) is 20.8 Å². The van der Waals surface area contributed by atoms with E-state index in [1.807, 2.05) is 13.1 Å². The molecule has 0 saturated heterocycles. The van der Waals surface area contributed by atoms with Crippen LogP contribution in [0, 0.1) is 0 Å². The number of hydrogen-bond acceptors (Lipinski definition) is 6. The first-order valence-corrected chi connectivity index (χ1v) is 7.22. The Morgan fingerprint density at radius 1 is 1.10 bits per heavy atom. The SMILES string of the molecule is CNc1cc(N(CCOC)CCOC)nc(C(C)(C)C)n1. The molecular weight excluding hydrogens is 268 g/mol. The maximum Gasteiger partial charge on any atom is 0.138 e. The van der Waals surface area contributed by atoms with Gasteiger partial charge in [0.05, 0.1) is 13.2 Å². The first kappa shape index (κ1) is 17.7. The van der Waals surface area contributed by atoms with Crippen LogP contribution in [-0.2, 0) is 14.9 Å². The molecule has 0 aliphatic carbocycles. The quantitative estimate of drug-likeness (QED) is 0.791. The van der Waals surface area contributed by atoms with Gasteiger partial charge in [-0.25, -0.2) is 9.97 Å². The van der Waals surface area contributed by atoms with Crippen LogP contribution in [-0.4, -0.2) is 57.5 Å². The van der Waals surface area contributed by atoms with E-state index < -0.39 is 0 Å². The highest BCUT2D eigenvalue weighted by atomic mass is 16.5. The molecule has 0 aromatic carbocycles. The molecule has 1 heterocycles. The summed E-state index contributed by atoms with van der Waals surface area (Å²) in [6.07, 6.45) is 0. The Morgan fingerprint density at radius 2 is 1.67 bits per heavy atom. The molecule has 1 aromatic rings. The summed E-state index contributed by atoms with van der Waals surface area (Å²) in [5.74, 6) is 2.54. The van der Waals surface area contributed by atoms with E-state index in [0.717, 1.165) is 30.5 Å². The monoisotopic (exact) mass is 296 g/mol. The van der Waals surface area contributed by atoms with Crippen LogP contribution < -0.4 is 10.2 Å². The first-order chi connectivity index (χ1) is 9.92. The molecule has 21 heavy (non-hydrogen) atoms. The maximum absolute atomic E-state index is 5.19. The Bertz CT molecular complexity index is 424. The van der Waals surface area contributed by atoms with E-state index in [1.165, 1.54) is 0 Å². The average molecular weight is 296 g/mol. The molecule has 6 heteroatoms. The topological polar surface area (TPSA) is 59.5 Å². The molecule has 1 N–H and O–H groups in total. The minimum atomic E-state index is -0.101. The number of methoxy groups -OCH3 is 2. The van der Waals surface area contributed by atoms with Crippen LogP contribution in [0.2, 0.25) is 0 Å². The van der Waals surface area contributed by atoms with E-state index in [9.17, 15) is 0 Å². The number of hydrogen-bond donors (Lipinski definition) is 1. The molecule has 0 unspecified atom stereocenters. The van der Waals surface area contributed by atoms with E-state index in [1.54, 1.807) is 14.2 Å². The summed E-state index contributed by atoms with van der Waals surface area (Å²) >= 11 is 0. The van der Waals surface area contributed by atoms with E-state index >= 15 is 0 Å². The molecule has 0 fully saturated rings. The Kier molecular flexibility index (Phi) is 6.84. The normalized spacial score (nSPS) is 11.5. The second kappa shape index (κ2) is 8.14. The van der Waals surface area contributed by atoms with Gasteiger partial charge >= 0.3 is 0 Å². The highest BCUT2D eigenvalue weighted by Crippen LogP contribution is 2.23. The van der Waals surface area contributed by atoms with Gasteiger partial charge in [0.25, 0.3) is 0 Å². The zero-order valence-corrected chi connectivity index (χ0v) is 14.1. The lowest BCUT2D eigenvalue weighted by atomic mass is 9.96. The van der Waals surface area contributed by atoms with E-state index in [-0.39, 0.29) is 5.41 Å². The summed E-state index contributed by atoms with van der Waals surface area (Å²) in [5, 5.41) is 3.11. The minimum Gasteiger partial charge on any atom is -0.383 e. The van der Waals surface area contributed by atoms with Crippen molar-refractivity contribution in [3.63, 3.8) is 0 Å². The lowest BCUT2D eigenvalue weighted by Crippen LogP contribution is -2.32. The van der Waals surface area contributed by atoms with E-state index in [0.29, 0.717) is 13.2 Å². The Hall–Kier alpha value is -1.40. The molecule has 0 radical (unpaired) electrons. The standard InChI is InChI=1S/C15H28N4O2/c1-15(2,3)14-17-12(16-4)11-13(18-14)19(7-9-20-5)8-10-21-6/h11H,7-10H2,1-6H3,(H,16,17,18). The Morgan fingerprint density at radius 3 is 2.10 bits per heavy atom. The van der Waals surface area contributed by atoms with Gasteiger partial charge in [-0.15, -0.1) is 0 Å². The van der Waals surface area contributed by atoms with Crippen molar-refractivity contribution in [2.45, 2.75) is 26.2 Å². The van der Waals surface area contributed by atoms with Gasteiger partial charge in [0.2, 0.25) is 0 Å². The molecule has 0 atom stereocenters. The van der Waals surface area contributed by atoms with Crippen molar-refractivity contribution < 1.29 is 9.47 Å². The number of ether oxygens (including phenoxy) is 2. The largest absolute Gasteiger partial charge is 0.383 e. The molecule has 0 spiro atoms. The Labute approximate surface area is 127 Å². The Balaban J connectivity index is 3.09. The van der Waals surface area contributed by atoms with Crippen LogP contribution in [0.4, 0.5) is 11.6 Å². The highest BCUT2D eigenvalue weighted by molar-refractivity contribution is 5.49. The summed E-state index contributed by atoms with van der Waals surface area (Å²) in [5.41, 5.74) is -0.101. The number of anilines is 2. The first-order valence-electron chi connectivity index (χ1n) is 7.22. The third-order valence-electron chi connectivity index (χ3n) is 3.09. The number of rotatable bonds is 8. The zero-order valence-electron chi connectivity index (χ0n) is 14.1. The zero-order chi connectivity index (χ0) is 15.9. The van der Waals surface area contributed by atoms with Crippen LogP contribution >= 0.6 is 0 Å². The van der Waals surface area contributed by atoms with Crippen molar-refractivity contribution in [2.24, 2.45) is 0 Å². The predicted octanol–water partition coefficient (Wildman–Crippen LogP) is 1.91. The van der Waals surface area contributed by atoms with Gasteiger partial charge in [-0.05, 0) is 0 Å². The maximum atomic E-state index is 5.19. The fraction of sp³-hybridized carbons (Fsp3) is 0.733. The predicted molar refractivity (Wildman–Crippen MR) is 86.2 cm³/mol. The van der Waals surface area contributed by atoms with Crippen LogP contribution in [0.5, 0.6) is 0 Å². The van der Waals surface area contributed by atoms with Crippen molar-refractivity contribution in [3.05, 3.63) is 11.9 Å². The van der Waals surface area contributed by atoms with E-state index in [2.05, 4.69) is 36.0 Å². The summed E-state index contributed by atoms with van der Waals surface area (Å²) in [6, 6.07) is 1.96. The average Bonchev–Trinajstić information content (AvgIpc) is 2.46. The van der Waals surface area contributed by atoms with Crippen molar-refractivity contribution >= 4 is 11.6 Å². The van der Waals surface area contributed by atoms with Crippen molar-refractivity contribution in [3.8, 4) is 0 Å². The van der Waals surface area contributed by atoms with Gasteiger partial charge in [0.15, 0.2) is 0 Å². The second-order valence-corrected chi connectivity index (χ2v) is 5.91. The molecule has 1 rings (SSSR count). The smallest absolute Gasteiger partial charge is 0.138 e. The fourth-order valence-electron chi connectivity index (χ4n) is 1.80. The van der Waals surface area contributed by atoms with Crippen molar-refractivity contribution in [1.29, 1.82) is 0 Å². The van der Waals surface area contributed by atoms with Gasteiger partial charge in [0.1, 0.15) is 17.5 Å². The van der Waals surface area contributed by atoms with Crippen molar-refractivity contribution in [2.75, 3.05) is 57.8 Å². The molecule has 6 nitrogen and oxygen atoms in total. The minimum absolute atomic E-state index is 0.101. The third-order valence-corrected chi connectivity index (χ3v) is 3.09. The van der Waals surface area contributed by atoms with Crippen LogP contribution in [0.25, 0.3) is 0 Å². The lowest BCUT2D eigenvalue weighted by molar-refractivity contribution is 0.190. The van der Waals surface area contributed by atoms with Crippen LogP contribution in [0.3, 0.4) is 0 Å². The molecule has 0 saturated carbocycles. The van der Waals surface area contributed by atoms with Gasteiger partial charge in [-0.3, -0.25) is 0 Å². The summed E-state index contributed by atoms with van der Waals surface area (Å²) in [6.45, 7) is 9.16. The molecule has 120 valence electrons. The van der Waals surface area contributed by atoms with Gasteiger partial charge in [0, 0.05) is 45.8 Å². The van der Waals surface area contributed by atoms with E-state index in [4.69, 9.17) is 14.5 Å². The second-order valence-electron chi connectivity index (χ2n) is 5.91. The molecule has 0 aliphatic heterocycles. The number of nitrogens with one attached hydrogen (secondary N) is 1. The summed E-state index contributed by atoms with van der Waals surface area (Å²) < 4.78 is 10.4. The fourth-order valence-corrected chi connectivity index (χ4v) is 1.80. The summed E-state index contributed by atoms with van der Waals surface area (Å²) in [4.78, 5) is 11.4. The van der Waals surface area contributed by atoms with Crippen LogP contribution in [0.15, 0.2) is 6.07 Å². The molecule has 0 aliphatic rings. The van der Waals surface area contributed by atoms with Gasteiger partial charge < -0.3 is 19.7 Å². The van der Waals surface area contributed by atoms with Gasteiger partial charge in [-0.2, -0.15) is 0 Å². The summed E-state index contributed by atoms with van der Waals surface area (Å²) in [7, 11) is 5.27. The van der Waals surface area contributed by atoms with Crippen molar-refractivity contribution in [1.82, 2.24) is 9.97 Å². The molecule has 1 aromatic heterocycles. The number of nitrogens with zero attached hydrogens (tertiary/aromatic N) is 3. The van der Waals surface area contributed by atoms with Crippen LogP contribution in [0.1, 0.15) is 26.6 Å². The molecule has 0 bridgehead atoms. The third kappa shape index (κ3) is 5.47. The lowest BCUT2D eigenvalue weighted by Gasteiger charge is -2.26. The molecule has 0 amide bonds. The molecular formula is C15H28N4O2. The highest BCUT2D eigenvalue weighted by Gasteiger charge is 2.20. The number of aromatic nitrogens is 2.